The average Bonchev–Trinajstić information content (AvgIpc) is 2.30. The molecule has 0 amide bonds. The van der Waals surface area contributed by atoms with Crippen LogP contribution in [0.1, 0.15) is 36.6 Å². The van der Waals surface area contributed by atoms with Gasteiger partial charge in [-0.3, -0.25) is 0 Å². The van der Waals surface area contributed by atoms with Gasteiger partial charge in [0.1, 0.15) is 0 Å². The number of nitrogens with one attached hydrogen (secondary N) is 1. The Balaban J connectivity index is 2.54. The van der Waals surface area contributed by atoms with Gasteiger partial charge in [-0.05, 0) is 30.9 Å². The molecule has 2 N–H and O–H groups in total. The number of aromatic amines is 1. The maximum Gasteiger partial charge on any atom is 0.0941 e. The third-order valence-corrected chi connectivity index (χ3v) is 2.97. The van der Waals surface area contributed by atoms with Gasteiger partial charge in [0, 0.05) is 16.4 Å². The van der Waals surface area contributed by atoms with Crippen LogP contribution in [0.2, 0.25) is 0 Å². The Bertz CT molecular complexity index is 358. The summed E-state index contributed by atoms with van der Waals surface area (Å²) in [4.78, 5) is 3.10. The standard InChI is InChI=1S/C10H13NOS/c12-8-4-2-1-3-7-9(13)5-6-11-10(7)8/h5-6,8,12H,1-4H2,(H,11,13). The molecular formula is C10H13NOS. The minimum atomic E-state index is -0.347. The van der Waals surface area contributed by atoms with Gasteiger partial charge in [0.05, 0.1) is 6.10 Å². The van der Waals surface area contributed by atoms with E-state index in [4.69, 9.17) is 12.2 Å². The highest BCUT2D eigenvalue weighted by Gasteiger charge is 2.16. The highest BCUT2D eigenvalue weighted by atomic mass is 32.1. The van der Waals surface area contributed by atoms with Gasteiger partial charge in [-0.2, -0.15) is 0 Å². The monoisotopic (exact) mass is 195 g/mol. The first kappa shape index (κ1) is 8.91. The van der Waals surface area contributed by atoms with E-state index in [1.54, 1.807) is 0 Å². The molecule has 1 aromatic heterocycles. The molecule has 0 fully saturated rings. The van der Waals surface area contributed by atoms with E-state index in [0.29, 0.717) is 0 Å². The number of H-pyrrole nitrogens is 1. The summed E-state index contributed by atoms with van der Waals surface area (Å²) in [5.74, 6) is 0. The Morgan fingerprint density at radius 3 is 3.15 bits per heavy atom. The molecule has 70 valence electrons. The maximum absolute atomic E-state index is 9.79. The van der Waals surface area contributed by atoms with Gasteiger partial charge in [0.2, 0.25) is 0 Å². The zero-order valence-corrected chi connectivity index (χ0v) is 8.23. The topological polar surface area (TPSA) is 36.0 Å². The van der Waals surface area contributed by atoms with Crippen molar-refractivity contribution in [3.63, 3.8) is 0 Å². The predicted molar refractivity (Wildman–Crippen MR) is 54.1 cm³/mol. The molecular weight excluding hydrogens is 182 g/mol. The summed E-state index contributed by atoms with van der Waals surface area (Å²) in [7, 11) is 0. The van der Waals surface area contributed by atoms with E-state index in [9.17, 15) is 5.11 Å². The molecule has 1 unspecified atom stereocenters. The van der Waals surface area contributed by atoms with Crippen molar-refractivity contribution >= 4 is 12.2 Å². The summed E-state index contributed by atoms with van der Waals surface area (Å²) >= 11 is 5.22. The van der Waals surface area contributed by atoms with Gasteiger partial charge in [0.25, 0.3) is 0 Å². The zero-order valence-electron chi connectivity index (χ0n) is 7.42. The molecule has 1 heterocycles. The van der Waals surface area contributed by atoms with Gasteiger partial charge in [-0.25, -0.2) is 0 Å². The average molecular weight is 195 g/mol. The number of aliphatic hydroxyl groups excluding tert-OH is 1. The van der Waals surface area contributed by atoms with E-state index >= 15 is 0 Å². The lowest BCUT2D eigenvalue weighted by Crippen LogP contribution is -2.02. The van der Waals surface area contributed by atoms with Crippen molar-refractivity contribution in [1.29, 1.82) is 0 Å². The van der Waals surface area contributed by atoms with Gasteiger partial charge in [-0.1, -0.05) is 18.6 Å². The van der Waals surface area contributed by atoms with Crippen LogP contribution in [0.15, 0.2) is 12.3 Å². The summed E-state index contributed by atoms with van der Waals surface area (Å²) in [6.45, 7) is 0. The molecule has 1 aliphatic carbocycles. The second kappa shape index (κ2) is 3.60. The van der Waals surface area contributed by atoms with Crippen LogP contribution >= 0.6 is 12.2 Å². The summed E-state index contributed by atoms with van der Waals surface area (Å²) in [6, 6.07) is 1.90. The van der Waals surface area contributed by atoms with E-state index < -0.39 is 0 Å². The molecule has 0 bridgehead atoms. The second-order valence-corrected chi connectivity index (χ2v) is 3.94. The number of aromatic nitrogens is 1. The minimum Gasteiger partial charge on any atom is -0.387 e. The number of pyridine rings is 1. The minimum absolute atomic E-state index is 0.347. The number of aliphatic hydroxyl groups is 1. The molecule has 13 heavy (non-hydrogen) atoms. The Morgan fingerprint density at radius 1 is 1.46 bits per heavy atom. The van der Waals surface area contributed by atoms with Crippen molar-refractivity contribution in [3.8, 4) is 0 Å². The van der Waals surface area contributed by atoms with Crippen molar-refractivity contribution in [3.05, 3.63) is 28.0 Å². The van der Waals surface area contributed by atoms with E-state index in [0.717, 1.165) is 41.5 Å². The third-order valence-electron chi connectivity index (χ3n) is 2.58. The molecule has 0 radical (unpaired) electrons. The second-order valence-electron chi connectivity index (χ2n) is 3.50. The SMILES string of the molecule is OC1CCCCc2c1[nH]ccc2=S. The quantitative estimate of drug-likeness (QED) is 0.493. The van der Waals surface area contributed by atoms with Crippen molar-refractivity contribution in [2.75, 3.05) is 0 Å². The molecule has 0 saturated heterocycles. The fraction of sp³-hybridized carbons (Fsp3) is 0.500. The fourth-order valence-corrected chi connectivity index (χ4v) is 2.15. The van der Waals surface area contributed by atoms with Crippen molar-refractivity contribution in [1.82, 2.24) is 4.98 Å². The van der Waals surface area contributed by atoms with Crippen LogP contribution in [-0.4, -0.2) is 10.1 Å². The molecule has 2 rings (SSSR count). The first-order valence-corrected chi connectivity index (χ1v) is 5.08. The molecule has 1 aliphatic rings. The number of hydrogen-bond donors (Lipinski definition) is 2. The van der Waals surface area contributed by atoms with Crippen LogP contribution < -0.4 is 0 Å². The van der Waals surface area contributed by atoms with Crippen LogP contribution in [-0.2, 0) is 6.42 Å². The Kier molecular flexibility index (Phi) is 2.47. The first-order valence-electron chi connectivity index (χ1n) is 4.67. The highest BCUT2D eigenvalue weighted by molar-refractivity contribution is 7.71. The molecule has 0 spiro atoms. The fourth-order valence-electron chi connectivity index (χ4n) is 1.87. The number of rotatable bonds is 0. The largest absolute Gasteiger partial charge is 0.387 e. The highest BCUT2D eigenvalue weighted by Crippen LogP contribution is 2.26. The van der Waals surface area contributed by atoms with E-state index in [-0.39, 0.29) is 6.10 Å². The summed E-state index contributed by atoms with van der Waals surface area (Å²) < 4.78 is 0.884. The Labute approximate surface area is 82.6 Å². The molecule has 1 aromatic rings. The summed E-state index contributed by atoms with van der Waals surface area (Å²) in [5.41, 5.74) is 2.08. The molecule has 0 aromatic carbocycles. The summed E-state index contributed by atoms with van der Waals surface area (Å²) in [5, 5.41) is 9.79. The Hall–Kier alpha value is -0.670. The van der Waals surface area contributed by atoms with Crippen LogP contribution in [0.5, 0.6) is 0 Å². The molecule has 1 atom stereocenters. The van der Waals surface area contributed by atoms with Gasteiger partial charge >= 0.3 is 0 Å². The van der Waals surface area contributed by atoms with E-state index in [2.05, 4.69) is 4.98 Å². The predicted octanol–water partition coefficient (Wildman–Crippen LogP) is 2.50. The van der Waals surface area contributed by atoms with Gasteiger partial charge in [-0.15, -0.1) is 0 Å². The molecule has 0 aliphatic heterocycles. The van der Waals surface area contributed by atoms with Crippen molar-refractivity contribution in [2.45, 2.75) is 31.8 Å². The maximum atomic E-state index is 9.79. The lowest BCUT2D eigenvalue weighted by Gasteiger charge is -2.10. The normalized spacial score (nSPS) is 22.1. The van der Waals surface area contributed by atoms with Crippen LogP contribution in [0.25, 0.3) is 0 Å². The van der Waals surface area contributed by atoms with Gasteiger partial charge in [0.15, 0.2) is 0 Å². The molecule has 0 saturated carbocycles. The Morgan fingerprint density at radius 2 is 2.31 bits per heavy atom. The first-order chi connectivity index (χ1) is 6.29. The zero-order chi connectivity index (χ0) is 9.26. The van der Waals surface area contributed by atoms with Crippen molar-refractivity contribution < 1.29 is 5.11 Å². The third kappa shape index (κ3) is 1.67. The van der Waals surface area contributed by atoms with Crippen molar-refractivity contribution in [2.24, 2.45) is 0 Å². The number of hydrogen-bond acceptors (Lipinski definition) is 2. The number of fused-ring (bicyclic) bond motifs is 1. The summed E-state index contributed by atoms with van der Waals surface area (Å²) in [6.07, 6.45) is 5.53. The smallest absolute Gasteiger partial charge is 0.0941 e. The lowest BCUT2D eigenvalue weighted by atomic mass is 10.1. The molecule has 3 heteroatoms. The van der Waals surface area contributed by atoms with Crippen LogP contribution in [0, 0.1) is 4.51 Å². The van der Waals surface area contributed by atoms with E-state index in [1.165, 1.54) is 0 Å². The van der Waals surface area contributed by atoms with Crippen LogP contribution in [0.3, 0.4) is 0 Å². The lowest BCUT2D eigenvalue weighted by molar-refractivity contribution is 0.162. The van der Waals surface area contributed by atoms with E-state index in [1.807, 2.05) is 12.3 Å². The van der Waals surface area contributed by atoms with Crippen LogP contribution in [0.4, 0.5) is 0 Å². The molecule has 2 nitrogen and oxygen atoms in total. The van der Waals surface area contributed by atoms with Gasteiger partial charge < -0.3 is 10.1 Å².